The average molecular weight is 802 g/mol. The summed E-state index contributed by atoms with van der Waals surface area (Å²) in [7, 11) is -2.24. The second kappa shape index (κ2) is 13.0. The predicted octanol–water partition coefficient (Wildman–Crippen LogP) is 7.78. The number of nitrogens with zero attached hydrogens (tertiary/aromatic N) is 5. The lowest BCUT2D eigenvalue weighted by atomic mass is 9.93. The van der Waals surface area contributed by atoms with Crippen LogP contribution >= 0.6 is 11.6 Å². The van der Waals surface area contributed by atoms with Gasteiger partial charge in [0.2, 0.25) is 15.9 Å². The molecule has 3 aromatic heterocycles. The Hall–Kier alpha value is -5.16. The summed E-state index contributed by atoms with van der Waals surface area (Å²) in [5.41, 5.74) is 0.133. The third-order valence-corrected chi connectivity index (χ3v) is 11.1. The molecule has 1 saturated carbocycles. The van der Waals surface area contributed by atoms with E-state index in [9.17, 15) is 30.8 Å². The number of anilines is 1. The molecule has 6 aromatic rings. The lowest BCUT2D eigenvalue weighted by molar-refractivity contribution is -0.123. The predicted molar refractivity (Wildman–Crippen MR) is 192 cm³/mol. The van der Waals surface area contributed by atoms with Crippen molar-refractivity contribution in [2.75, 3.05) is 11.0 Å². The van der Waals surface area contributed by atoms with Gasteiger partial charge in [-0.05, 0) is 48.2 Å². The summed E-state index contributed by atoms with van der Waals surface area (Å²) in [5.74, 6) is -8.77. The lowest BCUT2D eigenvalue weighted by Gasteiger charge is -2.23. The second-order valence-corrected chi connectivity index (χ2v) is 16.2. The summed E-state index contributed by atoms with van der Waals surface area (Å²) in [6, 6.07) is 13.5. The van der Waals surface area contributed by atoms with E-state index in [0.29, 0.717) is 38.3 Å². The summed E-state index contributed by atoms with van der Waals surface area (Å²) in [6.07, 6.45) is -2.47. The first-order chi connectivity index (χ1) is 25.9. The lowest BCUT2D eigenvalue weighted by Crippen LogP contribution is -2.35. The van der Waals surface area contributed by atoms with Crippen LogP contribution in [-0.4, -0.2) is 45.1 Å². The summed E-state index contributed by atoms with van der Waals surface area (Å²) in [4.78, 5) is 18.8. The Balaban J connectivity index is 1.28. The number of aromatic nitrogens is 5. The molecule has 3 aromatic carbocycles. The molecule has 1 fully saturated rings. The van der Waals surface area contributed by atoms with E-state index in [1.54, 1.807) is 50.4 Å². The van der Waals surface area contributed by atoms with E-state index < -0.39 is 81.6 Å². The molecule has 2 aliphatic rings. The number of benzene rings is 3. The number of hydrogen-bond acceptors (Lipinski definition) is 6. The number of carbonyl (C=O) groups is 1. The summed E-state index contributed by atoms with van der Waals surface area (Å²) >= 11 is 6.60. The Morgan fingerprint density at radius 2 is 1.71 bits per heavy atom. The van der Waals surface area contributed by atoms with Gasteiger partial charge in [-0.3, -0.25) is 18.9 Å². The number of nitrogens with one attached hydrogen (secondary N) is 2. The molecule has 0 bridgehead atoms. The fraction of sp³-hybridized carbons (Fsp3) is 0.297. The highest BCUT2D eigenvalue weighted by molar-refractivity contribution is 7.92. The molecule has 1 amide bonds. The van der Waals surface area contributed by atoms with Gasteiger partial charge in [-0.1, -0.05) is 42.8 Å². The molecule has 3 heterocycles. The van der Waals surface area contributed by atoms with Crippen LogP contribution in [0, 0.1) is 23.5 Å². The molecule has 2 aliphatic carbocycles. The monoisotopic (exact) mass is 801 g/mol. The van der Waals surface area contributed by atoms with E-state index in [1.807, 2.05) is 0 Å². The number of rotatable bonds is 10. The maximum absolute atomic E-state index is 15.6. The molecule has 286 valence electrons. The van der Waals surface area contributed by atoms with E-state index in [1.165, 1.54) is 10.7 Å². The van der Waals surface area contributed by atoms with Crippen LogP contribution in [0.4, 0.5) is 32.2 Å². The molecule has 2 N–H and O–H groups in total. The zero-order valence-corrected chi connectivity index (χ0v) is 30.7. The van der Waals surface area contributed by atoms with Crippen LogP contribution in [-0.2, 0) is 40.8 Å². The number of alkyl halides is 4. The van der Waals surface area contributed by atoms with Gasteiger partial charge in [-0.15, -0.1) is 0 Å². The van der Waals surface area contributed by atoms with Crippen molar-refractivity contribution in [2.24, 2.45) is 18.9 Å². The highest BCUT2D eigenvalue weighted by atomic mass is 35.5. The smallest absolute Gasteiger partial charge is 0.293 e. The topological polar surface area (TPSA) is 124 Å². The van der Waals surface area contributed by atoms with Crippen molar-refractivity contribution in [2.45, 2.75) is 44.2 Å². The molecule has 55 heavy (non-hydrogen) atoms. The van der Waals surface area contributed by atoms with Crippen molar-refractivity contribution < 1.29 is 39.6 Å². The molecule has 18 heteroatoms. The summed E-state index contributed by atoms with van der Waals surface area (Å²) in [5, 5.41) is 12.0. The minimum Gasteiger partial charge on any atom is -0.346 e. The number of halogens is 7. The van der Waals surface area contributed by atoms with Crippen molar-refractivity contribution in [1.29, 1.82) is 0 Å². The minimum absolute atomic E-state index is 0.0546. The fourth-order valence-corrected chi connectivity index (χ4v) is 8.82. The van der Waals surface area contributed by atoms with Gasteiger partial charge in [0, 0.05) is 47.0 Å². The number of amides is 1. The molecule has 0 spiro atoms. The van der Waals surface area contributed by atoms with Gasteiger partial charge in [0.05, 0.1) is 39.4 Å². The van der Waals surface area contributed by atoms with Gasteiger partial charge in [0.15, 0.2) is 5.82 Å². The highest BCUT2D eigenvalue weighted by Gasteiger charge is 2.71. The molecule has 0 saturated heterocycles. The zero-order chi connectivity index (χ0) is 39.3. The SMILES string of the molecule is C[C@@H]1[C@@H]2c3c(C(F)F)nn(CC(=O)NC(Cc4cc(F)cc(F)c4)c4nc5ccccc5cc4-c4ccc(Cl)c5c(NS(C)(=O)=O)nn(C)c45)c3C(F)(F)[C@H]12. The van der Waals surface area contributed by atoms with Crippen LogP contribution in [0.1, 0.15) is 53.5 Å². The van der Waals surface area contributed by atoms with Gasteiger partial charge < -0.3 is 5.32 Å². The number of fused-ring (bicyclic) bond motifs is 5. The van der Waals surface area contributed by atoms with Gasteiger partial charge in [0.25, 0.3) is 12.3 Å². The van der Waals surface area contributed by atoms with Crippen LogP contribution in [0.5, 0.6) is 0 Å². The molecule has 0 radical (unpaired) electrons. The Morgan fingerprint density at radius 1 is 1.00 bits per heavy atom. The number of sulfonamides is 1. The first kappa shape index (κ1) is 36.8. The Bertz CT molecular complexity index is 2660. The number of aryl methyl sites for hydroxylation is 1. The quantitative estimate of drug-likeness (QED) is 0.137. The van der Waals surface area contributed by atoms with Crippen molar-refractivity contribution in [3.8, 4) is 11.1 Å². The molecular formula is C37H30ClF6N7O3S. The van der Waals surface area contributed by atoms with E-state index in [4.69, 9.17) is 16.6 Å². The minimum atomic E-state index is -3.80. The molecule has 0 aliphatic heterocycles. The van der Waals surface area contributed by atoms with E-state index in [-0.39, 0.29) is 39.5 Å². The molecular weight excluding hydrogens is 772 g/mol. The Kier molecular flexibility index (Phi) is 8.68. The van der Waals surface area contributed by atoms with E-state index in [0.717, 1.165) is 18.4 Å². The number of carbonyl (C=O) groups excluding carboxylic acids is 1. The van der Waals surface area contributed by atoms with Gasteiger partial charge in [-0.2, -0.15) is 19.0 Å². The highest BCUT2D eigenvalue weighted by Crippen LogP contribution is 2.71. The Morgan fingerprint density at radius 3 is 2.40 bits per heavy atom. The number of para-hydroxylation sites is 1. The van der Waals surface area contributed by atoms with Crippen molar-refractivity contribution in [3.05, 3.63) is 106 Å². The summed E-state index contributed by atoms with van der Waals surface area (Å²) in [6.45, 7) is 0.686. The third-order valence-electron chi connectivity index (χ3n) is 10.3. The Labute approximate surface area is 314 Å². The molecule has 8 rings (SSSR count). The first-order valence-corrected chi connectivity index (χ1v) is 19.2. The van der Waals surface area contributed by atoms with Crippen LogP contribution in [0.2, 0.25) is 5.02 Å². The first-order valence-electron chi connectivity index (χ1n) is 17.0. The van der Waals surface area contributed by atoms with Crippen LogP contribution in [0.25, 0.3) is 32.9 Å². The maximum Gasteiger partial charge on any atom is 0.293 e. The van der Waals surface area contributed by atoms with Crippen molar-refractivity contribution >= 4 is 55.2 Å². The number of hydrogen-bond donors (Lipinski definition) is 2. The van der Waals surface area contributed by atoms with Gasteiger partial charge in [0.1, 0.15) is 29.6 Å². The van der Waals surface area contributed by atoms with Crippen LogP contribution in [0.15, 0.2) is 60.7 Å². The van der Waals surface area contributed by atoms with Crippen LogP contribution < -0.4 is 10.0 Å². The summed E-state index contributed by atoms with van der Waals surface area (Å²) < 4.78 is 117. The van der Waals surface area contributed by atoms with Gasteiger partial charge >= 0.3 is 0 Å². The molecule has 4 atom stereocenters. The normalized spacial score (nSPS) is 19.1. The van der Waals surface area contributed by atoms with E-state index in [2.05, 4.69) is 20.2 Å². The third kappa shape index (κ3) is 6.36. The molecule has 10 nitrogen and oxygen atoms in total. The number of pyridine rings is 1. The largest absolute Gasteiger partial charge is 0.346 e. The van der Waals surface area contributed by atoms with Crippen LogP contribution in [0.3, 0.4) is 0 Å². The fourth-order valence-electron chi connectivity index (χ4n) is 8.08. The van der Waals surface area contributed by atoms with Gasteiger partial charge in [-0.25, -0.2) is 31.0 Å². The average Bonchev–Trinajstić information content (AvgIpc) is 3.32. The van der Waals surface area contributed by atoms with E-state index >= 15 is 8.78 Å². The molecule has 1 unspecified atom stereocenters. The zero-order valence-electron chi connectivity index (χ0n) is 29.1. The van der Waals surface area contributed by atoms with Crippen molar-refractivity contribution in [3.63, 3.8) is 0 Å². The standard InChI is InChI=1S/C37H30ClF6N7O3S/c1-16-27-29-32(35(41)42)47-51(34(29)37(43,44)30(16)27)15-26(52)45-25(12-17-10-19(39)14-20(40)11-17)31-22(13-18-6-4-5-7-24(18)46-31)21-8-9-23(38)28-33(21)50(2)48-36(28)49-55(3,53)54/h4-11,13-14,16,25,27,30,35H,12,15H2,1-3H3,(H,45,52)(H,48,49)/t16-,25?,27-,30-/m1/s1. The van der Waals surface area contributed by atoms with Crippen molar-refractivity contribution in [1.82, 2.24) is 29.9 Å². The second-order valence-electron chi connectivity index (χ2n) is 14.0. The maximum atomic E-state index is 15.6.